The normalized spacial score (nSPS) is 15.6. The van der Waals surface area contributed by atoms with Gasteiger partial charge in [0.05, 0.1) is 17.1 Å². The highest BCUT2D eigenvalue weighted by atomic mass is 32.2. The van der Waals surface area contributed by atoms with Crippen LogP contribution in [0.3, 0.4) is 0 Å². The number of hydrogen-bond acceptors (Lipinski definition) is 4. The van der Waals surface area contributed by atoms with Crippen molar-refractivity contribution < 1.29 is 17.9 Å². The number of ether oxygens (including phenoxy) is 1. The minimum atomic E-state index is -3.93. The van der Waals surface area contributed by atoms with Gasteiger partial charge in [0, 0.05) is 6.54 Å². The lowest BCUT2D eigenvalue weighted by molar-refractivity contribution is -0.127. The summed E-state index contributed by atoms with van der Waals surface area (Å²) in [5.41, 5.74) is 2.20. The monoisotopic (exact) mass is 514 g/mol. The van der Waals surface area contributed by atoms with Gasteiger partial charge in [0.25, 0.3) is 15.9 Å². The number of rotatable bonds is 5. The molecule has 1 N–H and O–H groups in total. The number of nitrogens with zero attached hydrogens (tertiary/aromatic N) is 1. The van der Waals surface area contributed by atoms with Gasteiger partial charge in [0.2, 0.25) is 0 Å². The van der Waals surface area contributed by atoms with Crippen LogP contribution in [0.25, 0.3) is 10.8 Å². The first-order chi connectivity index (χ1) is 17.6. The molecule has 1 aliphatic rings. The van der Waals surface area contributed by atoms with Gasteiger partial charge in [-0.25, -0.2) is 8.42 Å². The lowest BCUT2D eigenvalue weighted by Gasteiger charge is -2.36. The fourth-order valence-electron chi connectivity index (χ4n) is 4.54. The van der Waals surface area contributed by atoms with Crippen LogP contribution in [0.1, 0.15) is 31.9 Å². The number of hydrogen-bond donors (Lipinski definition) is 1. The highest BCUT2D eigenvalue weighted by Gasteiger charge is 2.38. The summed E-state index contributed by atoms with van der Waals surface area (Å²) >= 11 is 0. The van der Waals surface area contributed by atoms with E-state index in [9.17, 15) is 13.2 Å². The summed E-state index contributed by atoms with van der Waals surface area (Å²) in [5.74, 6) is -0.00388. The number of nitrogens with one attached hydrogen (secondary N) is 1. The first kappa shape index (κ1) is 24.8. The summed E-state index contributed by atoms with van der Waals surface area (Å²) in [6, 6.07) is 27.7. The number of benzene rings is 4. The second-order valence-corrected chi connectivity index (χ2v) is 12.1. The van der Waals surface area contributed by atoms with Crippen molar-refractivity contribution in [2.75, 3.05) is 10.8 Å². The van der Waals surface area contributed by atoms with Gasteiger partial charge in [-0.1, -0.05) is 87.5 Å². The minimum absolute atomic E-state index is 0.126. The molecule has 4 aromatic carbocycles. The van der Waals surface area contributed by atoms with Crippen molar-refractivity contribution in [3.8, 4) is 5.75 Å². The topological polar surface area (TPSA) is 75.7 Å². The first-order valence-corrected chi connectivity index (χ1v) is 13.7. The van der Waals surface area contributed by atoms with Gasteiger partial charge in [-0.05, 0) is 51.6 Å². The lowest BCUT2D eigenvalue weighted by Crippen LogP contribution is -2.50. The Bertz CT molecular complexity index is 1550. The Morgan fingerprint density at radius 3 is 2.41 bits per heavy atom. The van der Waals surface area contributed by atoms with Gasteiger partial charge in [-0.2, -0.15) is 0 Å². The summed E-state index contributed by atoms with van der Waals surface area (Å²) < 4.78 is 34.9. The number of fused-ring (bicyclic) bond motifs is 2. The van der Waals surface area contributed by atoms with Gasteiger partial charge in [0.15, 0.2) is 6.10 Å². The van der Waals surface area contributed by atoms with E-state index >= 15 is 0 Å². The second kappa shape index (κ2) is 9.56. The molecule has 1 heterocycles. The number of carbonyl (C=O) groups is 1. The molecule has 0 aromatic heterocycles. The Morgan fingerprint density at radius 2 is 1.65 bits per heavy atom. The van der Waals surface area contributed by atoms with E-state index in [1.807, 2.05) is 54.6 Å². The largest absolute Gasteiger partial charge is 0.476 e. The third-order valence-corrected chi connectivity index (χ3v) is 8.45. The van der Waals surface area contributed by atoms with E-state index in [1.165, 1.54) is 4.31 Å². The van der Waals surface area contributed by atoms with Gasteiger partial charge in [-0.3, -0.25) is 9.10 Å². The van der Waals surface area contributed by atoms with Crippen molar-refractivity contribution in [1.82, 2.24) is 5.32 Å². The molecule has 1 amide bonds. The average Bonchev–Trinajstić information content (AvgIpc) is 2.90. The molecule has 0 bridgehead atoms. The Morgan fingerprint density at radius 1 is 0.946 bits per heavy atom. The van der Waals surface area contributed by atoms with E-state index in [0.717, 1.165) is 21.9 Å². The van der Waals surface area contributed by atoms with E-state index in [-0.39, 0.29) is 22.8 Å². The molecule has 37 heavy (non-hydrogen) atoms. The molecule has 0 fully saturated rings. The SMILES string of the molecule is CC(C)(C)c1ccc2c(c1)N(S(=O)(=O)c1ccccc1)CC(C(=O)NCc1cccc3ccccc13)O2. The molecule has 5 rings (SSSR count). The van der Waals surface area contributed by atoms with E-state index in [2.05, 4.69) is 26.1 Å². The van der Waals surface area contributed by atoms with E-state index in [1.54, 1.807) is 36.4 Å². The van der Waals surface area contributed by atoms with Crippen molar-refractivity contribution in [3.05, 3.63) is 102 Å². The standard InChI is InChI=1S/C30H30N2O4S/c1-30(2,3)23-16-17-27-26(18-23)32(37(34,35)24-13-5-4-6-14-24)20-28(36-27)29(33)31-19-22-12-9-11-21-10-7-8-15-25(21)22/h4-18,28H,19-20H2,1-3H3,(H,31,33). The zero-order valence-electron chi connectivity index (χ0n) is 21.1. The Kier molecular flexibility index (Phi) is 6.42. The summed E-state index contributed by atoms with van der Waals surface area (Å²) in [5, 5.41) is 5.10. The third-order valence-electron chi connectivity index (χ3n) is 6.65. The van der Waals surface area contributed by atoms with Crippen LogP contribution >= 0.6 is 0 Å². The van der Waals surface area contributed by atoms with Gasteiger partial charge < -0.3 is 10.1 Å². The van der Waals surface area contributed by atoms with E-state index < -0.39 is 16.1 Å². The number of anilines is 1. The highest BCUT2D eigenvalue weighted by molar-refractivity contribution is 7.92. The predicted molar refractivity (Wildman–Crippen MR) is 146 cm³/mol. The molecule has 0 spiro atoms. The van der Waals surface area contributed by atoms with Crippen LogP contribution in [0, 0.1) is 0 Å². The van der Waals surface area contributed by atoms with Crippen molar-refractivity contribution in [1.29, 1.82) is 0 Å². The van der Waals surface area contributed by atoms with Crippen molar-refractivity contribution in [2.45, 2.75) is 43.7 Å². The van der Waals surface area contributed by atoms with Gasteiger partial charge in [-0.15, -0.1) is 0 Å². The summed E-state index contributed by atoms with van der Waals surface area (Å²) in [4.78, 5) is 13.5. The van der Waals surface area contributed by atoms with Crippen molar-refractivity contribution >= 4 is 32.4 Å². The maximum Gasteiger partial charge on any atom is 0.264 e. The Balaban J connectivity index is 1.46. The zero-order chi connectivity index (χ0) is 26.2. The van der Waals surface area contributed by atoms with E-state index in [4.69, 9.17) is 4.74 Å². The zero-order valence-corrected chi connectivity index (χ0v) is 22.0. The minimum Gasteiger partial charge on any atom is -0.476 e. The summed E-state index contributed by atoms with van der Waals surface area (Å²) in [6.07, 6.45) is -0.999. The molecule has 0 saturated carbocycles. The van der Waals surface area contributed by atoms with E-state index in [0.29, 0.717) is 18.0 Å². The maximum atomic E-state index is 13.7. The molecular formula is C30H30N2O4S. The van der Waals surface area contributed by atoms with Gasteiger partial charge in [0.1, 0.15) is 5.75 Å². The second-order valence-electron chi connectivity index (χ2n) is 10.2. The van der Waals surface area contributed by atoms with Crippen LogP contribution in [0.2, 0.25) is 0 Å². The van der Waals surface area contributed by atoms with Crippen LogP contribution in [0.4, 0.5) is 5.69 Å². The van der Waals surface area contributed by atoms with Crippen LogP contribution in [-0.2, 0) is 26.8 Å². The quantitative estimate of drug-likeness (QED) is 0.386. The fourth-order valence-corrected chi connectivity index (χ4v) is 6.03. The van der Waals surface area contributed by atoms with Crippen LogP contribution in [-0.4, -0.2) is 27.0 Å². The Hall–Kier alpha value is -3.84. The highest BCUT2D eigenvalue weighted by Crippen LogP contribution is 2.40. The number of sulfonamides is 1. The van der Waals surface area contributed by atoms with Crippen LogP contribution in [0.15, 0.2) is 95.9 Å². The molecule has 1 unspecified atom stereocenters. The number of amides is 1. The Labute approximate surface area is 217 Å². The molecule has 7 heteroatoms. The molecule has 6 nitrogen and oxygen atoms in total. The first-order valence-electron chi connectivity index (χ1n) is 12.3. The number of carbonyl (C=O) groups excluding carboxylic acids is 1. The molecule has 0 saturated heterocycles. The maximum absolute atomic E-state index is 13.7. The molecule has 0 radical (unpaired) electrons. The van der Waals surface area contributed by atoms with Crippen molar-refractivity contribution in [3.63, 3.8) is 0 Å². The van der Waals surface area contributed by atoms with Crippen LogP contribution in [0.5, 0.6) is 5.75 Å². The predicted octanol–water partition coefficient (Wildman–Crippen LogP) is 5.41. The summed E-state index contributed by atoms with van der Waals surface area (Å²) in [7, 11) is -3.93. The van der Waals surface area contributed by atoms with Crippen LogP contribution < -0.4 is 14.4 Å². The summed E-state index contributed by atoms with van der Waals surface area (Å²) in [6.45, 7) is 6.38. The molecule has 190 valence electrons. The smallest absolute Gasteiger partial charge is 0.264 e. The average molecular weight is 515 g/mol. The fraction of sp³-hybridized carbons (Fsp3) is 0.233. The molecule has 4 aromatic rings. The molecular weight excluding hydrogens is 484 g/mol. The third kappa shape index (κ3) is 4.91. The molecule has 1 atom stereocenters. The molecule has 1 aliphatic heterocycles. The van der Waals surface area contributed by atoms with Crippen molar-refractivity contribution in [2.24, 2.45) is 0 Å². The van der Waals surface area contributed by atoms with Gasteiger partial charge >= 0.3 is 0 Å². The lowest BCUT2D eigenvalue weighted by atomic mass is 9.86. The molecule has 0 aliphatic carbocycles.